The van der Waals surface area contributed by atoms with E-state index in [2.05, 4.69) is 4.74 Å². The average Bonchev–Trinajstić information content (AvgIpc) is 1.94. The van der Waals surface area contributed by atoms with Crippen LogP contribution in [0, 0.1) is 0 Å². The fourth-order valence-electron chi connectivity index (χ4n) is 0.724. The van der Waals surface area contributed by atoms with Gasteiger partial charge in [0.25, 0.3) is 0 Å². The summed E-state index contributed by atoms with van der Waals surface area (Å²) in [6.07, 6.45) is -5.69. The van der Waals surface area contributed by atoms with Crippen LogP contribution in [0.4, 0.5) is 18.0 Å². The molecule has 1 atom stereocenters. The minimum Gasteiger partial charge on any atom is -0.444 e. The number of ether oxygens (including phenoxy) is 1. The SMILES string of the molecule is CC(C)(C)OC(=O)N[C@H](CN)C(F)(F)F. The number of halogens is 3. The molecule has 0 fully saturated rings. The van der Waals surface area contributed by atoms with E-state index >= 15 is 0 Å². The summed E-state index contributed by atoms with van der Waals surface area (Å²) in [5, 5.41) is 1.65. The number of nitrogens with two attached hydrogens (primary N) is 1. The second-order valence-electron chi connectivity index (χ2n) is 3.98. The maximum absolute atomic E-state index is 12.2. The Labute approximate surface area is 86.0 Å². The summed E-state index contributed by atoms with van der Waals surface area (Å²) < 4.78 is 41.1. The molecule has 90 valence electrons. The topological polar surface area (TPSA) is 64.3 Å². The Hall–Kier alpha value is -0.980. The molecule has 0 bridgehead atoms. The Morgan fingerprint density at radius 3 is 2.13 bits per heavy atom. The van der Waals surface area contributed by atoms with Crippen molar-refractivity contribution in [1.82, 2.24) is 5.32 Å². The number of rotatable bonds is 2. The van der Waals surface area contributed by atoms with Gasteiger partial charge in [0.15, 0.2) is 0 Å². The molecule has 0 aliphatic carbocycles. The van der Waals surface area contributed by atoms with Gasteiger partial charge in [-0.1, -0.05) is 0 Å². The third kappa shape index (κ3) is 6.16. The second kappa shape index (κ2) is 4.69. The predicted molar refractivity (Wildman–Crippen MR) is 48.3 cm³/mol. The monoisotopic (exact) mass is 228 g/mol. The van der Waals surface area contributed by atoms with Crippen molar-refractivity contribution in [3.05, 3.63) is 0 Å². The fourth-order valence-corrected chi connectivity index (χ4v) is 0.724. The summed E-state index contributed by atoms with van der Waals surface area (Å²) in [4.78, 5) is 11.0. The Bertz CT molecular complexity index is 223. The van der Waals surface area contributed by atoms with Gasteiger partial charge in [-0.3, -0.25) is 0 Å². The molecule has 0 saturated carbocycles. The number of nitrogens with one attached hydrogen (secondary N) is 1. The minimum atomic E-state index is -4.56. The molecule has 0 aromatic heterocycles. The lowest BCUT2D eigenvalue weighted by Gasteiger charge is -2.24. The number of hydrogen-bond donors (Lipinski definition) is 2. The molecule has 0 aromatic carbocycles. The summed E-state index contributed by atoms with van der Waals surface area (Å²) in [6.45, 7) is 3.94. The van der Waals surface area contributed by atoms with E-state index in [9.17, 15) is 18.0 Å². The third-order valence-electron chi connectivity index (χ3n) is 1.32. The van der Waals surface area contributed by atoms with Crippen molar-refractivity contribution >= 4 is 6.09 Å². The van der Waals surface area contributed by atoms with E-state index in [1.165, 1.54) is 0 Å². The van der Waals surface area contributed by atoms with Crippen LogP contribution in [0.3, 0.4) is 0 Å². The standard InChI is InChI=1S/C8H15F3N2O2/c1-7(2,3)15-6(14)13-5(4-12)8(9,10)11/h5H,4,12H2,1-3H3,(H,13,14)/t5-/m1/s1. The predicted octanol–water partition coefficient (Wildman–Crippen LogP) is 1.40. The van der Waals surface area contributed by atoms with E-state index in [1.807, 2.05) is 0 Å². The van der Waals surface area contributed by atoms with E-state index in [1.54, 1.807) is 26.1 Å². The first-order valence-corrected chi connectivity index (χ1v) is 4.32. The van der Waals surface area contributed by atoms with Gasteiger partial charge in [-0.05, 0) is 20.8 Å². The van der Waals surface area contributed by atoms with E-state index in [4.69, 9.17) is 5.73 Å². The molecule has 0 unspecified atom stereocenters. The van der Waals surface area contributed by atoms with Crippen LogP contribution in [0.5, 0.6) is 0 Å². The number of alkyl halides is 3. The Kier molecular flexibility index (Phi) is 4.39. The van der Waals surface area contributed by atoms with Crippen molar-refractivity contribution in [3.8, 4) is 0 Å². The lowest BCUT2D eigenvalue weighted by molar-refractivity contribution is -0.152. The Morgan fingerprint density at radius 1 is 1.40 bits per heavy atom. The molecule has 0 radical (unpaired) electrons. The number of alkyl carbamates (subject to hydrolysis) is 1. The number of carbonyl (C=O) groups is 1. The van der Waals surface area contributed by atoms with Crippen LogP contribution in [-0.4, -0.2) is 30.5 Å². The lowest BCUT2D eigenvalue weighted by Crippen LogP contribution is -2.51. The summed E-state index contributed by atoms with van der Waals surface area (Å²) >= 11 is 0. The van der Waals surface area contributed by atoms with Crippen LogP contribution in [-0.2, 0) is 4.74 Å². The summed E-state index contributed by atoms with van der Waals surface area (Å²) in [5.74, 6) is 0. The highest BCUT2D eigenvalue weighted by atomic mass is 19.4. The molecule has 0 aliphatic heterocycles. The van der Waals surface area contributed by atoms with E-state index in [0.717, 1.165) is 0 Å². The van der Waals surface area contributed by atoms with Crippen molar-refractivity contribution in [2.24, 2.45) is 5.73 Å². The Morgan fingerprint density at radius 2 is 1.87 bits per heavy atom. The fraction of sp³-hybridized carbons (Fsp3) is 0.875. The van der Waals surface area contributed by atoms with Gasteiger partial charge in [0.05, 0.1) is 0 Å². The van der Waals surface area contributed by atoms with Gasteiger partial charge >= 0.3 is 12.3 Å². The van der Waals surface area contributed by atoms with Gasteiger partial charge in [-0.25, -0.2) is 4.79 Å². The van der Waals surface area contributed by atoms with Gasteiger partial charge in [0.1, 0.15) is 11.6 Å². The first-order chi connectivity index (χ1) is 6.56. The summed E-state index contributed by atoms with van der Waals surface area (Å²) in [7, 11) is 0. The molecule has 0 spiro atoms. The average molecular weight is 228 g/mol. The van der Waals surface area contributed by atoms with Gasteiger partial charge < -0.3 is 15.8 Å². The van der Waals surface area contributed by atoms with Gasteiger partial charge in [0, 0.05) is 6.54 Å². The van der Waals surface area contributed by atoms with E-state index in [0.29, 0.717) is 0 Å². The third-order valence-corrected chi connectivity index (χ3v) is 1.32. The zero-order valence-electron chi connectivity index (χ0n) is 8.81. The quantitative estimate of drug-likeness (QED) is 0.750. The largest absolute Gasteiger partial charge is 0.444 e. The molecular formula is C8H15F3N2O2. The maximum atomic E-state index is 12.2. The van der Waals surface area contributed by atoms with Crippen molar-refractivity contribution < 1.29 is 22.7 Å². The highest BCUT2D eigenvalue weighted by Gasteiger charge is 2.40. The van der Waals surface area contributed by atoms with Crippen molar-refractivity contribution in [1.29, 1.82) is 0 Å². The highest BCUT2D eigenvalue weighted by molar-refractivity contribution is 5.68. The zero-order valence-corrected chi connectivity index (χ0v) is 8.81. The molecule has 0 rings (SSSR count). The minimum absolute atomic E-state index is 0.720. The van der Waals surface area contributed by atoms with Crippen LogP contribution in [0.25, 0.3) is 0 Å². The first kappa shape index (κ1) is 14.0. The van der Waals surface area contributed by atoms with Gasteiger partial charge in [-0.2, -0.15) is 13.2 Å². The molecule has 0 heterocycles. The number of amides is 1. The molecule has 0 saturated heterocycles. The molecule has 4 nitrogen and oxygen atoms in total. The molecule has 3 N–H and O–H groups in total. The molecule has 0 aromatic rings. The van der Waals surface area contributed by atoms with Crippen LogP contribution < -0.4 is 11.1 Å². The van der Waals surface area contributed by atoms with Crippen LogP contribution in [0.15, 0.2) is 0 Å². The van der Waals surface area contributed by atoms with Gasteiger partial charge in [-0.15, -0.1) is 0 Å². The van der Waals surface area contributed by atoms with E-state index < -0.39 is 30.5 Å². The first-order valence-electron chi connectivity index (χ1n) is 4.32. The maximum Gasteiger partial charge on any atom is 0.409 e. The molecule has 1 amide bonds. The molecule has 7 heteroatoms. The smallest absolute Gasteiger partial charge is 0.409 e. The van der Waals surface area contributed by atoms with Crippen LogP contribution in [0.2, 0.25) is 0 Å². The van der Waals surface area contributed by atoms with Crippen LogP contribution >= 0.6 is 0 Å². The second-order valence-corrected chi connectivity index (χ2v) is 3.98. The molecule has 15 heavy (non-hydrogen) atoms. The van der Waals surface area contributed by atoms with Crippen LogP contribution in [0.1, 0.15) is 20.8 Å². The van der Waals surface area contributed by atoms with E-state index in [-0.39, 0.29) is 0 Å². The normalized spacial score (nSPS) is 14.6. The Balaban J connectivity index is 4.27. The highest BCUT2D eigenvalue weighted by Crippen LogP contribution is 2.19. The molecule has 0 aliphatic rings. The van der Waals surface area contributed by atoms with Crippen molar-refractivity contribution in [2.75, 3.05) is 6.54 Å². The summed E-state index contributed by atoms with van der Waals surface area (Å²) in [5.41, 5.74) is 4.04. The number of hydrogen-bond acceptors (Lipinski definition) is 3. The summed E-state index contributed by atoms with van der Waals surface area (Å²) in [6, 6.07) is -2.08. The number of carbonyl (C=O) groups excluding carboxylic acids is 1. The van der Waals surface area contributed by atoms with Gasteiger partial charge in [0.2, 0.25) is 0 Å². The molecular weight excluding hydrogens is 213 g/mol. The lowest BCUT2D eigenvalue weighted by atomic mass is 10.2. The van der Waals surface area contributed by atoms with Crippen molar-refractivity contribution in [3.63, 3.8) is 0 Å². The zero-order chi connectivity index (χ0) is 12.3. The van der Waals surface area contributed by atoms with Crippen molar-refractivity contribution in [2.45, 2.75) is 38.6 Å².